The highest BCUT2D eigenvalue weighted by molar-refractivity contribution is 7.98. The zero-order valence-electron chi connectivity index (χ0n) is 10.6. The molecule has 1 unspecified atom stereocenters. The number of hydrogen-bond donors (Lipinski definition) is 1. The smallest absolute Gasteiger partial charge is 0.00870 e. The quantitative estimate of drug-likeness (QED) is 0.712. The SMILES string of the molecule is CSCCCCNC(C)Cc1ccc(C)s1. The summed E-state index contributed by atoms with van der Waals surface area (Å²) in [6.07, 6.45) is 5.98. The molecule has 0 aromatic carbocycles. The van der Waals surface area contributed by atoms with Crippen molar-refractivity contribution in [1.82, 2.24) is 5.32 Å². The lowest BCUT2D eigenvalue weighted by Gasteiger charge is -2.12. The van der Waals surface area contributed by atoms with Crippen molar-refractivity contribution >= 4 is 23.1 Å². The van der Waals surface area contributed by atoms with Gasteiger partial charge < -0.3 is 5.32 Å². The number of thioether (sulfide) groups is 1. The van der Waals surface area contributed by atoms with Crippen molar-refractivity contribution in [2.75, 3.05) is 18.6 Å². The first-order chi connectivity index (χ1) is 7.72. The normalized spacial score (nSPS) is 12.9. The van der Waals surface area contributed by atoms with Crippen LogP contribution in [0.1, 0.15) is 29.5 Å². The van der Waals surface area contributed by atoms with Gasteiger partial charge in [-0.25, -0.2) is 0 Å². The third-order valence-electron chi connectivity index (χ3n) is 2.57. The molecule has 0 saturated heterocycles. The van der Waals surface area contributed by atoms with Gasteiger partial charge in [0.2, 0.25) is 0 Å². The molecule has 0 saturated carbocycles. The molecule has 0 bridgehead atoms. The monoisotopic (exact) mass is 257 g/mol. The molecule has 0 aliphatic rings. The molecule has 92 valence electrons. The summed E-state index contributed by atoms with van der Waals surface area (Å²) in [6.45, 7) is 5.62. The molecule has 0 aliphatic carbocycles. The van der Waals surface area contributed by atoms with Crippen molar-refractivity contribution in [3.8, 4) is 0 Å². The van der Waals surface area contributed by atoms with Crippen LogP contribution in [0.5, 0.6) is 0 Å². The van der Waals surface area contributed by atoms with Gasteiger partial charge in [-0.05, 0) is 63.8 Å². The van der Waals surface area contributed by atoms with Crippen LogP contribution < -0.4 is 5.32 Å². The molecule has 1 heterocycles. The van der Waals surface area contributed by atoms with E-state index in [2.05, 4.69) is 37.6 Å². The summed E-state index contributed by atoms with van der Waals surface area (Å²) in [6, 6.07) is 5.07. The fraction of sp³-hybridized carbons (Fsp3) is 0.692. The van der Waals surface area contributed by atoms with Crippen molar-refractivity contribution in [2.24, 2.45) is 0 Å². The molecule has 1 rings (SSSR count). The molecule has 1 nitrogen and oxygen atoms in total. The van der Waals surface area contributed by atoms with E-state index in [0.29, 0.717) is 6.04 Å². The van der Waals surface area contributed by atoms with Gasteiger partial charge in [-0.3, -0.25) is 0 Å². The van der Waals surface area contributed by atoms with Gasteiger partial charge in [-0.15, -0.1) is 11.3 Å². The summed E-state index contributed by atoms with van der Waals surface area (Å²) in [5.41, 5.74) is 0. The fourth-order valence-corrected chi connectivity index (χ4v) is 3.20. The van der Waals surface area contributed by atoms with Crippen LogP contribution in [-0.2, 0) is 6.42 Å². The third kappa shape index (κ3) is 5.92. The van der Waals surface area contributed by atoms with Crippen LogP contribution in [0.3, 0.4) is 0 Å². The molecular formula is C13H23NS2. The Morgan fingerprint density at radius 2 is 2.19 bits per heavy atom. The number of aryl methyl sites for hydroxylation is 1. The molecule has 0 fully saturated rings. The van der Waals surface area contributed by atoms with E-state index in [9.17, 15) is 0 Å². The Balaban J connectivity index is 2.09. The first kappa shape index (κ1) is 14.1. The summed E-state index contributed by atoms with van der Waals surface area (Å²) in [7, 11) is 0. The Bertz CT molecular complexity index is 283. The standard InChI is InChI=1S/C13H23NS2/c1-11(14-8-4-5-9-15-3)10-13-7-6-12(2)16-13/h6-7,11,14H,4-5,8-10H2,1-3H3. The lowest BCUT2D eigenvalue weighted by molar-refractivity contribution is 0.534. The van der Waals surface area contributed by atoms with Gasteiger partial charge in [0.1, 0.15) is 0 Å². The second-order valence-electron chi connectivity index (χ2n) is 4.27. The topological polar surface area (TPSA) is 12.0 Å². The molecule has 0 radical (unpaired) electrons. The van der Waals surface area contributed by atoms with Crippen molar-refractivity contribution < 1.29 is 0 Å². The number of thiophene rings is 1. The highest BCUT2D eigenvalue weighted by atomic mass is 32.2. The molecular weight excluding hydrogens is 234 g/mol. The maximum Gasteiger partial charge on any atom is 0.00870 e. The van der Waals surface area contributed by atoms with Crippen LogP contribution in [-0.4, -0.2) is 24.6 Å². The summed E-state index contributed by atoms with van der Waals surface area (Å²) in [5.74, 6) is 1.29. The summed E-state index contributed by atoms with van der Waals surface area (Å²) >= 11 is 3.86. The summed E-state index contributed by atoms with van der Waals surface area (Å²) < 4.78 is 0. The van der Waals surface area contributed by atoms with Crippen molar-refractivity contribution in [2.45, 2.75) is 39.2 Å². The highest BCUT2D eigenvalue weighted by Crippen LogP contribution is 2.16. The van der Waals surface area contributed by atoms with Crippen molar-refractivity contribution in [3.05, 3.63) is 21.9 Å². The van der Waals surface area contributed by atoms with E-state index < -0.39 is 0 Å². The van der Waals surface area contributed by atoms with Gasteiger partial charge in [0.15, 0.2) is 0 Å². The van der Waals surface area contributed by atoms with Gasteiger partial charge >= 0.3 is 0 Å². The van der Waals surface area contributed by atoms with Crippen molar-refractivity contribution in [1.29, 1.82) is 0 Å². The maximum atomic E-state index is 3.60. The Labute approximate surface area is 108 Å². The Kier molecular flexibility index (Phi) is 7.17. The van der Waals surface area contributed by atoms with E-state index >= 15 is 0 Å². The maximum absolute atomic E-state index is 3.60. The van der Waals surface area contributed by atoms with Crippen LogP contribution in [0.4, 0.5) is 0 Å². The molecule has 1 aromatic rings. The largest absolute Gasteiger partial charge is 0.314 e. The molecule has 1 atom stereocenters. The minimum Gasteiger partial charge on any atom is -0.314 e. The van der Waals surface area contributed by atoms with Crippen LogP contribution in [0.2, 0.25) is 0 Å². The van der Waals surface area contributed by atoms with Crippen LogP contribution in [0.15, 0.2) is 12.1 Å². The molecule has 1 N–H and O–H groups in total. The Morgan fingerprint density at radius 3 is 2.81 bits per heavy atom. The highest BCUT2D eigenvalue weighted by Gasteiger charge is 2.04. The predicted octanol–water partition coefficient (Wildman–Crippen LogP) is 3.72. The predicted molar refractivity (Wildman–Crippen MR) is 77.8 cm³/mol. The fourth-order valence-electron chi connectivity index (χ4n) is 1.69. The number of hydrogen-bond acceptors (Lipinski definition) is 3. The number of nitrogens with one attached hydrogen (secondary N) is 1. The third-order valence-corrected chi connectivity index (χ3v) is 4.29. The average molecular weight is 257 g/mol. The van der Waals surface area contributed by atoms with Gasteiger partial charge in [0, 0.05) is 15.8 Å². The van der Waals surface area contributed by atoms with Gasteiger partial charge in [0.05, 0.1) is 0 Å². The second-order valence-corrected chi connectivity index (χ2v) is 6.63. The second kappa shape index (κ2) is 8.15. The van der Waals surface area contributed by atoms with Gasteiger partial charge in [-0.2, -0.15) is 11.8 Å². The molecule has 1 aromatic heterocycles. The van der Waals surface area contributed by atoms with Crippen LogP contribution >= 0.6 is 23.1 Å². The number of unbranched alkanes of at least 4 members (excludes halogenated alkanes) is 1. The van der Waals surface area contributed by atoms with Crippen LogP contribution in [0.25, 0.3) is 0 Å². The van der Waals surface area contributed by atoms with Gasteiger partial charge in [-0.1, -0.05) is 0 Å². The summed E-state index contributed by atoms with van der Waals surface area (Å²) in [5, 5.41) is 3.60. The van der Waals surface area contributed by atoms with Crippen molar-refractivity contribution in [3.63, 3.8) is 0 Å². The van der Waals surface area contributed by atoms with E-state index in [1.54, 1.807) is 0 Å². The van der Waals surface area contributed by atoms with E-state index in [0.717, 1.165) is 6.54 Å². The van der Waals surface area contributed by atoms with E-state index in [1.165, 1.54) is 34.8 Å². The molecule has 0 aliphatic heterocycles. The molecule has 16 heavy (non-hydrogen) atoms. The zero-order valence-corrected chi connectivity index (χ0v) is 12.2. The lowest BCUT2D eigenvalue weighted by Crippen LogP contribution is -2.28. The zero-order chi connectivity index (χ0) is 11.8. The first-order valence-electron chi connectivity index (χ1n) is 6.00. The van der Waals surface area contributed by atoms with Gasteiger partial charge in [0.25, 0.3) is 0 Å². The molecule has 0 amide bonds. The van der Waals surface area contributed by atoms with E-state index in [-0.39, 0.29) is 0 Å². The minimum absolute atomic E-state index is 0.604. The number of rotatable bonds is 8. The average Bonchev–Trinajstić information content (AvgIpc) is 2.63. The lowest BCUT2D eigenvalue weighted by atomic mass is 10.2. The van der Waals surface area contributed by atoms with E-state index in [1.807, 2.05) is 23.1 Å². The summed E-state index contributed by atoms with van der Waals surface area (Å²) in [4.78, 5) is 2.92. The molecule has 3 heteroatoms. The first-order valence-corrected chi connectivity index (χ1v) is 8.21. The minimum atomic E-state index is 0.604. The molecule has 0 spiro atoms. The van der Waals surface area contributed by atoms with E-state index in [4.69, 9.17) is 0 Å². The Morgan fingerprint density at radius 1 is 1.38 bits per heavy atom. The Hall–Kier alpha value is 0.01000. The van der Waals surface area contributed by atoms with Crippen LogP contribution in [0, 0.1) is 6.92 Å².